The molecule has 0 bridgehead atoms. The summed E-state index contributed by atoms with van der Waals surface area (Å²) in [5.74, 6) is 1.61. The van der Waals surface area contributed by atoms with Crippen LogP contribution in [0.5, 0.6) is 5.75 Å². The van der Waals surface area contributed by atoms with Crippen LogP contribution < -0.4 is 10.5 Å². The van der Waals surface area contributed by atoms with Gasteiger partial charge in [0.05, 0.1) is 11.6 Å². The lowest BCUT2D eigenvalue weighted by Gasteiger charge is -2.07. The van der Waals surface area contributed by atoms with Gasteiger partial charge in [-0.1, -0.05) is 23.2 Å². The summed E-state index contributed by atoms with van der Waals surface area (Å²) in [5, 5.41) is 1.42. The summed E-state index contributed by atoms with van der Waals surface area (Å²) in [6, 6.07) is 12.8. The third-order valence-electron chi connectivity index (χ3n) is 2.38. The van der Waals surface area contributed by atoms with E-state index in [9.17, 15) is 0 Å². The smallest absolute Gasteiger partial charge is 0.119 e. The Morgan fingerprint density at radius 3 is 2.53 bits per heavy atom. The number of ether oxygens (including phenoxy) is 1. The molecule has 0 heterocycles. The van der Waals surface area contributed by atoms with Crippen molar-refractivity contribution in [3.63, 3.8) is 0 Å². The van der Waals surface area contributed by atoms with Gasteiger partial charge in [-0.2, -0.15) is 0 Å². The normalized spacial score (nSPS) is 10.4. The monoisotopic (exact) mass is 313 g/mol. The molecule has 19 heavy (non-hydrogen) atoms. The van der Waals surface area contributed by atoms with E-state index in [2.05, 4.69) is 0 Å². The van der Waals surface area contributed by atoms with Crippen molar-refractivity contribution in [2.24, 2.45) is 0 Å². The molecule has 0 aliphatic heterocycles. The van der Waals surface area contributed by atoms with Crippen molar-refractivity contribution in [1.82, 2.24) is 0 Å². The lowest BCUT2D eigenvalue weighted by atomic mass is 10.3. The number of hydrogen-bond acceptors (Lipinski definition) is 3. The first-order valence-electron chi connectivity index (χ1n) is 5.71. The van der Waals surface area contributed by atoms with Gasteiger partial charge >= 0.3 is 0 Å². The molecule has 100 valence electrons. The molecule has 5 heteroatoms. The van der Waals surface area contributed by atoms with Crippen LogP contribution >= 0.6 is 35.0 Å². The van der Waals surface area contributed by atoms with Crippen LogP contribution in [0.3, 0.4) is 0 Å². The van der Waals surface area contributed by atoms with Crippen molar-refractivity contribution in [3.8, 4) is 5.75 Å². The van der Waals surface area contributed by atoms with Crippen molar-refractivity contribution in [2.45, 2.75) is 4.90 Å². The van der Waals surface area contributed by atoms with Crippen LogP contribution in [0.25, 0.3) is 0 Å². The van der Waals surface area contributed by atoms with Crippen LogP contribution in [-0.4, -0.2) is 12.4 Å². The summed E-state index contributed by atoms with van der Waals surface area (Å²) in [6.07, 6.45) is 0. The van der Waals surface area contributed by atoms with Crippen LogP contribution in [0.15, 0.2) is 47.4 Å². The van der Waals surface area contributed by atoms with Gasteiger partial charge in [-0.3, -0.25) is 0 Å². The fourth-order valence-corrected chi connectivity index (χ4v) is 2.69. The summed E-state index contributed by atoms with van der Waals surface area (Å²) in [5.41, 5.74) is 6.43. The van der Waals surface area contributed by atoms with Crippen molar-refractivity contribution in [3.05, 3.63) is 52.5 Å². The zero-order chi connectivity index (χ0) is 13.7. The van der Waals surface area contributed by atoms with Gasteiger partial charge in [0.15, 0.2) is 0 Å². The largest absolute Gasteiger partial charge is 0.493 e. The van der Waals surface area contributed by atoms with Crippen LogP contribution in [-0.2, 0) is 0 Å². The van der Waals surface area contributed by atoms with E-state index >= 15 is 0 Å². The Balaban J connectivity index is 1.80. The lowest BCUT2D eigenvalue weighted by Crippen LogP contribution is -2.00. The lowest BCUT2D eigenvalue weighted by molar-refractivity contribution is 0.344. The Labute approximate surface area is 126 Å². The van der Waals surface area contributed by atoms with Crippen LogP contribution in [0.4, 0.5) is 5.69 Å². The molecule has 0 aromatic heterocycles. The van der Waals surface area contributed by atoms with Gasteiger partial charge < -0.3 is 10.5 Å². The fraction of sp³-hybridized carbons (Fsp3) is 0.143. The quantitative estimate of drug-likeness (QED) is 0.491. The molecule has 2 rings (SSSR count). The van der Waals surface area contributed by atoms with E-state index in [0.29, 0.717) is 22.3 Å². The predicted molar refractivity (Wildman–Crippen MR) is 83.5 cm³/mol. The second-order valence-electron chi connectivity index (χ2n) is 3.84. The maximum atomic E-state index is 6.08. The Hall–Kier alpha value is -1.03. The average molecular weight is 314 g/mol. The molecule has 0 saturated heterocycles. The highest BCUT2D eigenvalue weighted by atomic mass is 35.5. The topological polar surface area (TPSA) is 35.2 Å². The minimum atomic E-state index is 0.595. The Bertz CT molecular complexity index is 546. The van der Waals surface area contributed by atoms with Gasteiger partial charge in [0.25, 0.3) is 0 Å². The highest BCUT2D eigenvalue weighted by Gasteiger charge is 2.02. The Morgan fingerprint density at radius 1 is 1.05 bits per heavy atom. The molecule has 0 fully saturated rings. The third-order valence-corrected chi connectivity index (χ3v) is 4.09. The summed E-state index contributed by atoms with van der Waals surface area (Å²) >= 11 is 13.5. The number of nitrogen functional groups attached to an aromatic ring is 1. The summed E-state index contributed by atoms with van der Waals surface area (Å²) in [7, 11) is 0. The minimum absolute atomic E-state index is 0.595. The Kier molecular flexibility index (Phi) is 5.25. The zero-order valence-corrected chi connectivity index (χ0v) is 12.4. The first-order chi connectivity index (χ1) is 9.15. The van der Waals surface area contributed by atoms with Crippen LogP contribution in [0.1, 0.15) is 0 Å². The molecule has 0 aliphatic carbocycles. The SMILES string of the molecule is Nc1ccc(Cl)c(SCCOc2ccc(Cl)cc2)c1. The summed E-state index contributed by atoms with van der Waals surface area (Å²) in [4.78, 5) is 0.973. The van der Waals surface area contributed by atoms with E-state index in [-0.39, 0.29) is 0 Å². The number of nitrogens with two attached hydrogens (primary N) is 1. The van der Waals surface area contributed by atoms with Gasteiger partial charge in [0, 0.05) is 21.4 Å². The number of hydrogen-bond donors (Lipinski definition) is 1. The molecule has 0 atom stereocenters. The van der Waals surface area contributed by atoms with Gasteiger partial charge in [-0.05, 0) is 42.5 Å². The predicted octanol–water partition coefficient (Wildman–Crippen LogP) is 4.75. The number of benzene rings is 2. The molecule has 0 unspecified atom stereocenters. The first-order valence-corrected chi connectivity index (χ1v) is 7.45. The highest BCUT2D eigenvalue weighted by Crippen LogP contribution is 2.29. The second-order valence-corrected chi connectivity index (χ2v) is 5.82. The molecule has 0 saturated carbocycles. The summed E-state index contributed by atoms with van der Waals surface area (Å²) in [6.45, 7) is 0.595. The van der Waals surface area contributed by atoms with Crippen LogP contribution in [0, 0.1) is 0 Å². The molecule has 0 spiro atoms. The standard InChI is InChI=1S/C14H13Cl2NOS/c15-10-1-4-12(5-2-10)18-7-8-19-14-9-11(17)3-6-13(14)16/h1-6,9H,7-8,17H2. The van der Waals surface area contributed by atoms with E-state index in [1.807, 2.05) is 18.2 Å². The number of anilines is 1. The van der Waals surface area contributed by atoms with E-state index < -0.39 is 0 Å². The summed E-state index contributed by atoms with van der Waals surface area (Å²) < 4.78 is 5.60. The molecule has 0 radical (unpaired) electrons. The maximum absolute atomic E-state index is 6.08. The van der Waals surface area contributed by atoms with Gasteiger partial charge in [-0.15, -0.1) is 11.8 Å². The number of halogens is 2. The minimum Gasteiger partial charge on any atom is -0.493 e. The van der Waals surface area contributed by atoms with Gasteiger partial charge in [-0.25, -0.2) is 0 Å². The molecule has 2 nitrogen and oxygen atoms in total. The van der Waals surface area contributed by atoms with E-state index in [4.69, 9.17) is 33.7 Å². The maximum Gasteiger partial charge on any atom is 0.119 e. The van der Waals surface area contributed by atoms with Gasteiger partial charge in [0.1, 0.15) is 5.75 Å². The molecular formula is C14H13Cl2NOS. The van der Waals surface area contributed by atoms with Gasteiger partial charge in [0.2, 0.25) is 0 Å². The van der Waals surface area contributed by atoms with E-state index in [1.165, 1.54) is 0 Å². The van der Waals surface area contributed by atoms with Crippen molar-refractivity contribution in [2.75, 3.05) is 18.1 Å². The number of rotatable bonds is 5. The van der Waals surface area contributed by atoms with Crippen molar-refractivity contribution in [1.29, 1.82) is 0 Å². The molecule has 0 amide bonds. The fourth-order valence-electron chi connectivity index (χ4n) is 1.47. The highest BCUT2D eigenvalue weighted by molar-refractivity contribution is 7.99. The molecule has 2 aromatic carbocycles. The van der Waals surface area contributed by atoms with Crippen LogP contribution in [0.2, 0.25) is 10.0 Å². The molecule has 2 N–H and O–H groups in total. The van der Waals surface area contributed by atoms with Crippen molar-refractivity contribution >= 4 is 40.7 Å². The zero-order valence-electron chi connectivity index (χ0n) is 10.1. The van der Waals surface area contributed by atoms with Crippen molar-refractivity contribution < 1.29 is 4.74 Å². The third kappa shape index (κ3) is 4.53. The molecule has 0 aliphatic rings. The Morgan fingerprint density at radius 2 is 1.79 bits per heavy atom. The molecular weight excluding hydrogens is 301 g/mol. The van der Waals surface area contributed by atoms with E-state index in [0.717, 1.165) is 16.4 Å². The van der Waals surface area contributed by atoms with E-state index in [1.54, 1.807) is 36.0 Å². The molecule has 2 aromatic rings. The average Bonchev–Trinajstić information content (AvgIpc) is 2.40. The first kappa shape index (κ1) is 14.4. The number of thioether (sulfide) groups is 1. The second kappa shape index (κ2) is 6.94.